The Morgan fingerprint density at radius 1 is 1.50 bits per heavy atom. The van der Waals surface area contributed by atoms with Gasteiger partial charge in [0.1, 0.15) is 11.3 Å². The van der Waals surface area contributed by atoms with E-state index in [1.807, 2.05) is 52.4 Å². The average molecular weight is 261 g/mol. The summed E-state index contributed by atoms with van der Waals surface area (Å²) in [5.41, 5.74) is 2.33. The van der Waals surface area contributed by atoms with Gasteiger partial charge in [0.25, 0.3) is 5.91 Å². The van der Waals surface area contributed by atoms with Crippen LogP contribution in [0.4, 0.5) is 0 Å². The minimum atomic E-state index is 0.0868. The summed E-state index contributed by atoms with van der Waals surface area (Å²) in [7, 11) is 0. The highest BCUT2D eigenvalue weighted by molar-refractivity contribution is 8.00. The maximum atomic E-state index is 12.6. The molecule has 0 spiro atoms. The number of thioether (sulfide) groups is 1. The molecule has 18 heavy (non-hydrogen) atoms. The summed E-state index contributed by atoms with van der Waals surface area (Å²) in [4.78, 5) is 19.0. The first kappa shape index (κ1) is 11.6. The van der Waals surface area contributed by atoms with Crippen LogP contribution >= 0.6 is 11.8 Å². The van der Waals surface area contributed by atoms with Crippen molar-refractivity contribution in [3.8, 4) is 0 Å². The zero-order valence-corrected chi connectivity index (χ0v) is 11.3. The summed E-state index contributed by atoms with van der Waals surface area (Å²) in [6, 6.07) is 5.78. The van der Waals surface area contributed by atoms with E-state index in [0.717, 1.165) is 23.6 Å². The van der Waals surface area contributed by atoms with Crippen molar-refractivity contribution in [2.24, 2.45) is 0 Å². The lowest BCUT2D eigenvalue weighted by molar-refractivity contribution is 0.0761. The molecule has 3 heterocycles. The third kappa shape index (κ3) is 1.70. The van der Waals surface area contributed by atoms with Crippen LogP contribution in [0.15, 0.2) is 24.4 Å². The molecule has 0 aromatic carbocycles. The van der Waals surface area contributed by atoms with Crippen LogP contribution in [0.1, 0.15) is 23.1 Å². The Morgan fingerprint density at radius 2 is 2.33 bits per heavy atom. The molecule has 0 radical (unpaired) electrons. The van der Waals surface area contributed by atoms with E-state index >= 15 is 0 Å². The van der Waals surface area contributed by atoms with Crippen molar-refractivity contribution in [1.29, 1.82) is 0 Å². The first-order chi connectivity index (χ1) is 8.68. The highest BCUT2D eigenvalue weighted by atomic mass is 32.2. The highest BCUT2D eigenvalue weighted by Crippen LogP contribution is 2.25. The summed E-state index contributed by atoms with van der Waals surface area (Å²) in [6.45, 7) is 4.80. The lowest BCUT2D eigenvalue weighted by Gasteiger charge is -2.20. The number of carbonyl (C=O) groups excluding carboxylic acids is 1. The van der Waals surface area contributed by atoms with Crippen LogP contribution in [0.5, 0.6) is 0 Å². The Bertz CT molecular complexity index is 607. The number of hydrogen-bond acceptors (Lipinski definition) is 3. The number of pyridine rings is 1. The second-order valence-electron chi connectivity index (χ2n) is 4.44. The zero-order chi connectivity index (χ0) is 12.7. The Morgan fingerprint density at radius 3 is 3.06 bits per heavy atom. The number of carbonyl (C=O) groups is 1. The normalized spacial score (nSPS) is 19.7. The number of fused-ring (bicyclic) bond motifs is 1. The topological polar surface area (TPSA) is 37.6 Å². The third-order valence-electron chi connectivity index (χ3n) is 3.30. The van der Waals surface area contributed by atoms with Gasteiger partial charge in [-0.25, -0.2) is 4.98 Å². The summed E-state index contributed by atoms with van der Waals surface area (Å²) < 4.78 is 1.88. The minimum absolute atomic E-state index is 0.0868. The second kappa shape index (κ2) is 4.31. The Kier molecular flexibility index (Phi) is 2.78. The van der Waals surface area contributed by atoms with Crippen molar-refractivity contribution in [2.75, 3.05) is 12.3 Å². The molecule has 1 saturated heterocycles. The van der Waals surface area contributed by atoms with Crippen LogP contribution < -0.4 is 0 Å². The molecule has 0 saturated carbocycles. The lowest BCUT2D eigenvalue weighted by atomic mass is 10.3. The van der Waals surface area contributed by atoms with Crippen LogP contribution in [0, 0.1) is 6.92 Å². The Hall–Kier alpha value is -1.49. The molecule has 1 unspecified atom stereocenters. The highest BCUT2D eigenvalue weighted by Gasteiger charge is 2.29. The van der Waals surface area contributed by atoms with Crippen LogP contribution in [-0.2, 0) is 0 Å². The zero-order valence-electron chi connectivity index (χ0n) is 10.5. The summed E-state index contributed by atoms with van der Waals surface area (Å²) in [6.07, 6.45) is 1.90. The van der Waals surface area contributed by atoms with Gasteiger partial charge in [-0.1, -0.05) is 6.07 Å². The van der Waals surface area contributed by atoms with Gasteiger partial charge in [-0.15, -0.1) is 11.8 Å². The van der Waals surface area contributed by atoms with Gasteiger partial charge >= 0.3 is 0 Å². The predicted molar refractivity (Wildman–Crippen MR) is 72.9 cm³/mol. The van der Waals surface area contributed by atoms with Gasteiger partial charge in [-0.05, 0) is 26.0 Å². The maximum Gasteiger partial charge on any atom is 0.273 e. The SMILES string of the molecule is Cc1nc2ccccn2c1C(=O)N1CCSC1C. The number of aryl methyl sites for hydroxylation is 1. The van der Waals surface area contributed by atoms with Crippen LogP contribution in [0.2, 0.25) is 0 Å². The summed E-state index contributed by atoms with van der Waals surface area (Å²) in [5.74, 6) is 1.10. The molecule has 1 aliphatic rings. The number of nitrogens with zero attached hydrogens (tertiary/aromatic N) is 3. The van der Waals surface area contributed by atoms with Crippen molar-refractivity contribution in [2.45, 2.75) is 19.2 Å². The standard InChI is InChI=1S/C13H15N3OS/c1-9-12(13(17)15-7-8-18-10(15)2)16-6-4-3-5-11(16)14-9/h3-6,10H,7-8H2,1-2H3. The second-order valence-corrected chi connectivity index (χ2v) is 5.87. The molecule has 0 aliphatic carbocycles. The molecule has 5 heteroatoms. The molecule has 4 nitrogen and oxygen atoms in total. The van der Waals surface area contributed by atoms with Gasteiger partial charge in [-0.3, -0.25) is 9.20 Å². The molecule has 1 fully saturated rings. The van der Waals surface area contributed by atoms with Gasteiger partial charge in [0.15, 0.2) is 0 Å². The molecular weight excluding hydrogens is 246 g/mol. The van der Waals surface area contributed by atoms with E-state index in [1.54, 1.807) is 0 Å². The molecule has 0 N–H and O–H groups in total. The quantitative estimate of drug-likeness (QED) is 0.789. The molecule has 1 aliphatic heterocycles. The van der Waals surface area contributed by atoms with E-state index in [0.29, 0.717) is 5.69 Å². The number of rotatable bonds is 1. The maximum absolute atomic E-state index is 12.6. The summed E-state index contributed by atoms with van der Waals surface area (Å²) in [5, 5.41) is 0.256. The van der Waals surface area contributed by atoms with Crippen molar-refractivity contribution >= 4 is 23.3 Å². The van der Waals surface area contributed by atoms with Gasteiger partial charge in [0, 0.05) is 18.5 Å². The number of amides is 1. The van der Waals surface area contributed by atoms with E-state index in [-0.39, 0.29) is 11.3 Å². The molecule has 3 rings (SSSR count). The van der Waals surface area contributed by atoms with Crippen molar-refractivity contribution in [3.05, 3.63) is 35.8 Å². The summed E-state index contributed by atoms with van der Waals surface area (Å²) >= 11 is 1.82. The lowest BCUT2D eigenvalue weighted by Crippen LogP contribution is -2.34. The van der Waals surface area contributed by atoms with E-state index in [9.17, 15) is 4.79 Å². The van der Waals surface area contributed by atoms with E-state index < -0.39 is 0 Å². The van der Waals surface area contributed by atoms with Crippen LogP contribution in [-0.4, -0.2) is 37.9 Å². The average Bonchev–Trinajstić information content (AvgIpc) is 2.91. The molecule has 1 amide bonds. The molecule has 2 aromatic rings. The third-order valence-corrected chi connectivity index (χ3v) is 4.45. The monoisotopic (exact) mass is 261 g/mol. The van der Waals surface area contributed by atoms with Crippen molar-refractivity contribution in [1.82, 2.24) is 14.3 Å². The minimum Gasteiger partial charge on any atom is -0.325 e. The fourth-order valence-electron chi connectivity index (χ4n) is 2.37. The smallest absolute Gasteiger partial charge is 0.273 e. The van der Waals surface area contributed by atoms with E-state index in [4.69, 9.17) is 0 Å². The molecular formula is C13H15N3OS. The van der Waals surface area contributed by atoms with Gasteiger partial charge in [0.2, 0.25) is 0 Å². The molecule has 94 valence electrons. The Balaban J connectivity index is 2.08. The van der Waals surface area contributed by atoms with Crippen LogP contribution in [0.3, 0.4) is 0 Å². The fourth-order valence-corrected chi connectivity index (χ4v) is 3.39. The first-order valence-electron chi connectivity index (χ1n) is 6.05. The van der Waals surface area contributed by atoms with Crippen LogP contribution in [0.25, 0.3) is 5.65 Å². The van der Waals surface area contributed by atoms with Gasteiger partial charge in [0.05, 0.1) is 11.1 Å². The van der Waals surface area contributed by atoms with Crippen molar-refractivity contribution < 1.29 is 4.79 Å². The largest absolute Gasteiger partial charge is 0.325 e. The fraction of sp³-hybridized carbons (Fsp3) is 0.385. The van der Waals surface area contributed by atoms with E-state index in [2.05, 4.69) is 11.9 Å². The number of imidazole rings is 1. The van der Waals surface area contributed by atoms with E-state index in [1.165, 1.54) is 0 Å². The molecule has 1 atom stereocenters. The van der Waals surface area contributed by atoms with Gasteiger partial charge < -0.3 is 4.90 Å². The number of hydrogen-bond donors (Lipinski definition) is 0. The number of aromatic nitrogens is 2. The Labute approximate surface area is 110 Å². The predicted octanol–water partition coefficient (Wildman–Crippen LogP) is 2.18. The van der Waals surface area contributed by atoms with Gasteiger partial charge in [-0.2, -0.15) is 0 Å². The molecule has 2 aromatic heterocycles. The van der Waals surface area contributed by atoms with Crippen molar-refractivity contribution in [3.63, 3.8) is 0 Å². The first-order valence-corrected chi connectivity index (χ1v) is 7.09. The molecule has 0 bridgehead atoms.